The van der Waals surface area contributed by atoms with Crippen molar-refractivity contribution in [3.8, 4) is 11.1 Å². The van der Waals surface area contributed by atoms with Crippen LogP contribution in [0, 0.1) is 10.5 Å². The van der Waals surface area contributed by atoms with Crippen molar-refractivity contribution < 1.29 is 23.1 Å². The Morgan fingerprint density at radius 1 is 1.32 bits per heavy atom. The third-order valence-electron chi connectivity index (χ3n) is 3.02. The largest absolute Gasteiger partial charge is 0.477 e. The van der Waals surface area contributed by atoms with Gasteiger partial charge >= 0.3 is 12.1 Å². The number of carboxylic acids is 1. The number of carboxylic acid groups (broad SMARTS) is 1. The minimum atomic E-state index is -4.55. The second kappa shape index (κ2) is 5.75. The highest BCUT2D eigenvalue weighted by Crippen LogP contribution is 2.34. The van der Waals surface area contributed by atoms with Gasteiger partial charge in [-0.1, -0.05) is 12.1 Å². The third kappa shape index (κ3) is 3.01. The molecule has 2 N–H and O–H groups in total. The van der Waals surface area contributed by atoms with E-state index in [-0.39, 0.29) is 11.1 Å². The maximum Gasteiger partial charge on any atom is 0.416 e. The number of alkyl halides is 3. The summed E-state index contributed by atoms with van der Waals surface area (Å²) in [5.74, 6) is -1.49. The summed E-state index contributed by atoms with van der Waals surface area (Å²) < 4.78 is 38.8. The molecule has 0 saturated carbocycles. The van der Waals surface area contributed by atoms with Gasteiger partial charge in [0.1, 0.15) is 5.56 Å². The number of nitrogens with one attached hydrogen (secondary N) is 1. The highest BCUT2D eigenvalue weighted by molar-refractivity contribution is 14.1. The number of pyridine rings is 1. The molecule has 2 aromatic rings. The van der Waals surface area contributed by atoms with Gasteiger partial charge in [-0.3, -0.25) is 4.79 Å². The molecule has 0 spiro atoms. The second-order valence-corrected chi connectivity index (χ2v) is 5.61. The molecule has 0 aliphatic heterocycles. The standard InChI is InChI=1S/C14H9F3INO3/c1-6-11(18)9(10(13(21)22)12(20)19-6)7-3-2-4-8(5-7)14(15,16)17/h2-5H,1H3,(H,19,20)(H,21,22). The van der Waals surface area contributed by atoms with Gasteiger partial charge in [0.15, 0.2) is 0 Å². The van der Waals surface area contributed by atoms with Gasteiger partial charge in [0.25, 0.3) is 5.56 Å². The van der Waals surface area contributed by atoms with Crippen molar-refractivity contribution in [2.24, 2.45) is 0 Å². The molecule has 0 unspecified atom stereocenters. The van der Waals surface area contributed by atoms with Crippen molar-refractivity contribution in [1.82, 2.24) is 4.98 Å². The van der Waals surface area contributed by atoms with E-state index in [1.54, 1.807) is 29.5 Å². The summed E-state index contributed by atoms with van der Waals surface area (Å²) in [5.41, 5.74) is -1.92. The molecule has 1 heterocycles. The predicted octanol–water partition coefficient (Wildman–Crippen LogP) is 3.67. The Morgan fingerprint density at radius 2 is 1.95 bits per heavy atom. The van der Waals surface area contributed by atoms with Gasteiger partial charge in [-0.25, -0.2) is 4.79 Å². The van der Waals surface area contributed by atoms with Crippen molar-refractivity contribution in [2.45, 2.75) is 13.1 Å². The van der Waals surface area contributed by atoms with Crippen molar-refractivity contribution >= 4 is 28.6 Å². The monoisotopic (exact) mass is 423 g/mol. The first-order valence-electron chi connectivity index (χ1n) is 5.96. The Morgan fingerprint density at radius 3 is 2.50 bits per heavy atom. The third-order valence-corrected chi connectivity index (χ3v) is 4.37. The van der Waals surface area contributed by atoms with E-state index in [1.807, 2.05) is 0 Å². The van der Waals surface area contributed by atoms with Crippen LogP contribution in [0.15, 0.2) is 29.1 Å². The summed E-state index contributed by atoms with van der Waals surface area (Å²) in [6.45, 7) is 1.55. The molecule has 0 fully saturated rings. The zero-order valence-corrected chi connectivity index (χ0v) is 13.2. The van der Waals surface area contributed by atoms with Crippen molar-refractivity contribution in [3.05, 3.63) is 55.0 Å². The molecular formula is C14H9F3INO3. The number of hydrogen-bond donors (Lipinski definition) is 2. The van der Waals surface area contributed by atoms with Crippen molar-refractivity contribution in [1.29, 1.82) is 0 Å². The highest BCUT2D eigenvalue weighted by atomic mass is 127. The molecule has 0 bridgehead atoms. The summed E-state index contributed by atoms with van der Waals surface area (Å²) in [6, 6.07) is 4.24. The molecular weight excluding hydrogens is 414 g/mol. The maximum atomic E-state index is 12.8. The molecule has 0 amide bonds. The van der Waals surface area contributed by atoms with E-state index < -0.39 is 28.8 Å². The highest BCUT2D eigenvalue weighted by Gasteiger charge is 2.31. The van der Waals surface area contributed by atoms with Crippen LogP contribution in [0.25, 0.3) is 11.1 Å². The van der Waals surface area contributed by atoms with E-state index in [1.165, 1.54) is 12.1 Å². The van der Waals surface area contributed by atoms with E-state index in [2.05, 4.69) is 4.98 Å². The fourth-order valence-electron chi connectivity index (χ4n) is 2.02. The summed E-state index contributed by atoms with van der Waals surface area (Å²) >= 11 is 1.80. The average Bonchev–Trinajstić information content (AvgIpc) is 2.41. The SMILES string of the molecule is Cc1[nH]c(=O)c(C(=O)O)c(-c2cccc(C(F)(F)F)c2)c1I. The van der Waals surface area contributed by atoms with Crippen LogP contribution >= 0.6 is 22.6 Å². The Bertz CT molecular complexity index is 812. The quantitative estimate of drug-likeness (QED) is 0.725. The van der Waals surface area contributed by atoms with Crippen LogP contribution in [0.4, 0.5) is 13.2 Å². The van der Waals surface area contributed by atoms with Crippen LogP contribution in [-0.4, -0.2) is 16.1 Å². The first kappa shape index (κ1) is 16.5. The minimum absolute atomic E-state index is 0.0135. The van der Waals surface area contributed by atoms with Gasteiger partial charge in [-0.2, -0.15) is 13.2 Å². The lowest BCUT2D eigenvalue weighted by molar-refractivity contribution is -0.137. The van der Waals surface area contributed by atoms with Crippen LogP contribution < -0.4 is 5.56 Å². The molecule has 0 aliphatic carbocycles. The fraction of sp³-hybridized carbons (Fsp3) is 0.143. The van der Waals surface area contributed by atoms with Gasteiger partial charge in [-0.15, -0.1) is 0 Å². The number of halogens is 4. The molecule has 0 aliphatic rings. The maximum absolute atomic E-state index is 12.8. The molecule has 22 heavy (non-hydrogen) atoms. The molecule has 0 saturated heterocycles. The number of H-pyrrole nitrogens is 1. The van der Waals surface area contributed by atoms with Gasteiger partial charge in [0.05, 0.1) is 5.56 Å². The smallest absolute Gasteiger partial charge is 0.416 e. The Hall–Kier alpha value is -1.84. The number of benzene rings is 1. The van der Waals surface area contributed by atoms with E-state index >= 15 is 0 Å². The lowest BCUT2D eigenvalue weighted by Gasteiger charge is -2.13. The van der Waals surface area contributed by atoms with E-state index in [9.17, 15) is 27.9 Å². The Labute approximate surface area is 136 Å². The summed E-state index contributed by atoms with van der Waals surface area (Å²) in [4.78, 5) is 25.5. The van der Waals surface area contributed by atoms with E-state index in [4.69, 9.17) is 0 Å². The molecule has 1 aromatic heterocycles. The number of hydrogen-bond acceptors (Lipinski definition) is 2. The molecule has 4 nitrogen and oxygen atoms in total. The topological polar surface area (TPSA) is 70.2 Å². The van der Waals surface area contributed by atoms with Gasteiger partial charge in [0.2, 0.25) is 0 Å². The molecule has 0 atom stereocenters. The number of aromatic amines is 1. The van der Waals surface area contributed by atoms with Crippen molar-refractivity contribution in [2.75, 3.05) is 0 Å². The predicted molar refractivity (Wildman–Crippen MR) is 81.9 cm³/mol. The first-order valence-corrected chi connectivity index (χ1v) is 7.04. The van der Waals surface area contributed by atoms with Gasteiger partial charge in [-0.05, 0) is 47.2 Å². The molecule has 1 aromatic carbocycles. The van der Waals surface area contributed by atoms with E-state index in [0.717, 1.165) is 12.1 Å². The lowest BCUT2D eigenvalue weighted by Crippen LogP contribution is -2.21. The lowest BCUT2D eigenvalue weighted by atomic mass is 9.98. The van der Waals surface area contributed by atoms with E-state index in [0.29, 0.717) is 9.26 Å². The average molecular weight is 423 g/mol. The molecule has 8 heteroatoms. The summed E-state index contributed by atoms with van der Waals surface area (Å²) in [7, 11) is 0. The van der Waals surface area contributed by atoms with Gasteiger partial charge < -0.3 is 10.1 Å². The van der Waals surface area contributed by atoms with Crippen LogP contribution in [-0.2, 0) is 6.18 Å². The number of aryl methyl sites for hydroxylation is 1. The number of aromatic nitrogens is 1. The molecule has 0 radical (unpaired) electrons. The molecule has 116 valence electrons. The first-order chi connectivity index (χ1) is 10.1. The fourth-order valence-corrected chi connectivity index (χ4v) is 2.74. The van der Waals surface area contributed by atoms with Crippen LogP contribution in [0.5, 0.6) is 0 Å². The normalized spacial score (nSPS) is 11.5. The van der Waals surface area contributed by atoms with Gasteiger partial charge in [0, 0.05) is 14.8 Å². The van der Waals surface area contributed by atoms with Crippen molar-refractivity contribution in [3.63, 3.8) is 0 Å². The number of rotatable bonds is 2. The summed E-state index contributed by atoms with van der Waals surface area (Å²) in [6.07, 6.45) is -4.55. The summed E-state index contributed by atoms with van der Waals surface area (Å²) in [5, 5.41) is 9.21. The Balaban J connectivity index is 2.83. The number of aromatic carboxylic acids is 1. The second-order valence-electron chi connectivity index (χ2n) is 4.53. The Kier molecular flexibility index (Phi) is 4.32. The van der Waals surface area contributed by atoms with Crippen LogP contribution in [0.1, 0.15) is 21.6 Å². The minimum Gasteiger partial charge on any atom is -0.477 e. The molecule has 2 rings (SSSR count). The van der Waals surface area contributed by atoms with Crippen LogP contribution in [0.2, 0.25) is 0 Å². The van der Waals surface area contributed by atoms with Crippen LogP contribution in [0.3, 0.4) is 0 Å². The zero-order chi connectivity index (χ0) is 16.7. The zero-order valence-electron chi connectivity index (χ0n) is 11.1. The number of carbonyl (C=O) groups is 1.